The Morgan fingerprint density at radius 3 is 2.75 bits per heavy atom. The molecule has 0 amide bonds. The summed E-state index contributed by atoms with van der Waals surface area (Å²) in [6, 6.07) is 11.0. The topological polar surface area (TPSA) is 45.0 Å². The van der Waals surface area contributed by atoms with Crippen LogP contribution < -0.4 is 10.1 Å². The largest absolute Gasteiger partial charge is 0.479 e. The molecule has 3 atom stereocenters. The van der Waals surface area contributed by atoms with Crippen molar-refractivity contribution in [3.8, 4) is 11.8 Å². The lowest BCUT2D eigenvalue weighted by Gasteiger charge is -2.30. The Labute approximate surface area is 121 Å². The van der Waals surface area contributed by atoms with Crippen LogP contribution in [0, 0.1) is 17.2 Å². The molecule has 0 spiro atoms. The molecule has 1 aliphatic rings. The first kappa shape index (κ1) is 14.9. The lowest BCUT2D eigenvalue weighted by atomic mass is 9.86. The molecule has 0 radical (unpaired) electrons. The molecule has 0 aliphatic heterocycles. The smallest absolute Gasteiger partial charge is 0.174 e. The van der Waals surface area contributed by atoms with Crippen LogP contribution in [-0.4, -0.2) is 12.6 Å². The quantitative estimate of drug-likeness (QED) is 0.886. The van der Waals surface area contributed by atoms with E-state index in [2.05, 4.69) is 31.3 Å². The molecule has 1 saturated carbocycles. The van der Waals surface area contributed by atoms with Crippen molar-refractivity contribution in [3.63, 3.8) is 0 Å². The molecule has 1 aromatic rings. The second-order valence-electron chi connectivity index (χ2n) is 5.87. The molecule has 1 N–H and O–H groups in total. The van der Waals surface area contributed by atoms with E-state index in [-0.39, 0.29) is 6.61 Å². The van der Waals surface area contributed by atoms with E-state index >= 15 is 0 Å². The lowest BCUT2D eigenvalue weighted by Crippen LogP contribution is -2.35. The maximum absolute atomic E-state index is 8.49. The van der Waals surface area contributed by atoms with Crippen LogP contribution in [0.4, 0.5) is 0 Å². The van der Waals surface area contributed by atoms with Gasteiger partial charge in [-0.2, -0.15) is 5.26 Å². The minimum Gasteiger partial charge on any atom is -0.479 e. The second kappa shape index (κ2) is 7.31. The Bertz CT molecular complexity index is 449. The Balaban J connectivity index is 1.88. The summed E-state index contributed by atoms with van der Waals surface area (Å²) in [6.07, 6.45) is 5.29. The van der Waals surface area contributed by atoms with Crippen molar-refractivity contribution < 1.29 is 4.74 Å². The van der Waals surface area contributed by atoms with Crippen LogP contribution in [0.2, 0.25) is 0 Å². The minimum absolute atomic E-state index is 0.104. The summed E-state index contributed by atoms with van der Waals surface area (Å²) in [6.45, 7) is 4.66. The lowest BCUT2D eigenvalue weighted by molar-refractivity contribution is 0.285. The molecule has 20 heavy (non-hydrogen) atoms. The average Bonchev–Trinajstić information content (AvgIpc) is 2.45. The normalized spacial score (nSPS) is 23.9. The molecule has 0 heterocycles. The molecule has 1 aromatic carbocycles. The molecule has 1 fully saturated rings. The van der Waals surface area contributed by atoms with E-state index in [9.17, 15) is 0 Å². The number of hydrogen-bond donors (Lipinski definition) is 1. The highest BCUT2D eigenvalue weighted by atomic mass is 16.5. The van der Waals surface area contributed by atoms with Gasteiger partial charge in [-0.05, 0) is 43.4 Å². The zero-order valence-corrected chi connectivity index (χ0v) is 12.4. The predicted octanol–water partition coefficient (Wildman–Crippen LogP) is 3.82. The molecule has 3 heteroatoms. The third kappa shape index (κ3) is 4.25. The fourth-order valence-electron chi connectivity index (χ4n) is 3.00. The summed E-state index contributed by atoms with van der Waals surface area (Å²) in [5.74, 6) is 1.60. The SMILES string of the molecule is CC1CCCC(NC(C)c2ccc(OCC#N)cc2)C1. The van der Waals surface area contributed by atoms with Gasteiger partial charge in [0.25, 0.3) is 0 Å². The highest BCUT2D eigenvalue weighted by molar-refractivity contribution is 5.29. The number of hydrogen-bond acceptors (Lipinski definition) is 3. The van der Waals surface area contributed by atoms with Crippen LogP contribution in [0.1, 0.15) is 51.1 Å². The maximum atomic E-state index is 8.49. The molecular formula is C17H24N2O. The number of benzene rings is 1. The number of rotatable bonds is 5. The van der Waals surface area contributed by atoms with E-state index in [0.29, 0.717) is 12.1 Å². The van der Waals surface area contributed by atoms with E-state index in [0.717, 1.165) is 11.7 Å². The summed E-state index contributed by atoms with van der Waals surface area (Å²) in [7, 11) is 0. The molecule has 1 aliphatic carbocycles. The molecule has 0 bridgehead atoms. The van der Waals surface area contributed by atoms with Crippen LogP contribution >= 0.6 is 0 Å². The van der Waals surface area contributed by atoms with E-state index in [4.69, 9.17) is 10.00 Å². The van der Waals surface area contributed by atoms with Gasteiger partial charge in [0.1, 0.15) is 11.8 Å². The zero-order chi connectivity index (χ0) is 14.4. The third-order valence-electron chi connectivity index (χ3n) is 4.11. The van der Waals surface area contributed by atoms with Gasteiger partial charge in [-0.1, -0.05) is 31.9 Å². The van der Waals surface area contributed by atoms with E-state index < -0.39 is 0 Å². The molecule has 108 valence electrons. The van der Waals surface area contributed by atoms with Gasteiger partial charge in [0.15, 0.2) is 6.61 Å². The van der Waals surface area contributed by atoms with Gasteiger partial charge in [0.2, 0.25) is 0 Å². The molecule has 3 unspecified atom stereocenters. The fourth-order valence-corrected chi connectivity index (χ4v) is 3.00. The molecule has 3 nitrogen and oxygen atoms in total. The molecule has 0 saturated heterocycles. The van der Waals surface area contributed by atoms with Gasteiger partial charge in [-0.25, -0.2) is 0 Å². The molecular weight excluding hydrogens is 248 g/mol. The van der Waals surface area contributed by atoms with Crippen molar-refractivity contribution in [1.82, 2.24) is 5.32 Å². The Hall–Kier alpha value is -1.53. The van der Waals surface area contributed by atoms with Crippen LogP contribution in [0.5, 0.6) is 5.75 Å². The zero-order valence-electron chi connectivity index (χ0n) is 12.4. The van der Waals surface area contributed by atoms with Crippen molar-refractivity contribution >= 4 is 0 Å². The number of nitriles is 1. The summed E-state index contributed by atoms with van der Waals surface area (Å²) >= 11 is 0. The first-order chi connectivity index (χ1) is 9.69. The number of nitrogens with zero attached hydrogens (tertiary/aromatic N) is 1. The monoisotopic (exact) mass is 272 g/mol. The number of ether oxygens (including phenoxy) is 1. The van der Waals surface area contributed by atoms with Crippen LogP contribution in [0.3, 0.4) is 0 Å². The average molecular weight is 272 g/mol. The summed E-state index contributed by atoms with van der Waals surface area (Å²) in [5, 5.41) is 12.2. The highest BCUT2D eigenvalue weighted by Crippen LogP contribution is 2.26. The Kier molecular flexibility index (Phi) is 5.43. The third-order valence-corrected chi connectivity index (χ3v) is 4.11. The van der Waals surface area contributed by atoms with Crippen molar-refractivity contribution in [2.24, 2.45) is 5.92 Å². The van der Waals surface area contributed by atoms with E-state index in [1.54, 1.807) is 0 Å². The van der Waals surface area contributed by atoms with Crippen molar-refractivity contribution in [1.29, 1.82) is 5.26 Å². The Morgan fingerprint density at radius 2 is 2.10 bits per heavy atom. The summed E-state index contributed by atoms with van der Waals surface area (Å²) in [4.78, 5) is 0. The van der Waals surface area contributed by atoms with Crippen LogP contribution in [-0.2, 0) is 0 Å². The number of nitrogens with one attached hydrogen (secondary N) is 1. The first-order valence-corrected chi connectivity index (χ1v) is 7.55. The highest BCUT2D eigenvalue weighted by Gasteiger charge is 2.20. The standard InChI is InChI=1S/C17H24N2O/c1-13-4-3-5-16(12-13)19-14(2)15-6-8-17(9-7-15)20-11-10-18/h6-9,13-14,16,19H,3-5,11-12H2,1-2H3. The minimum atomic E-state index is 0.104. The van der Waals surface area contributed by atoms with E-state index in [1.165, 1.54) is 31.2 Å². The van der Waals surface area contributed by atoms with Crippen molar-refractivity contribution in [3.05, 3.63) is 29.8 Å². The summed E-state index contributed by atoms with van der Waals surface area (Å²) < 4.78 is 5.27. The molecule has 2 rings (SSSR count). The Morgan fingerprint density at radius 1 is 1.35 bits per heavy atom. The van der Waals surface area contributed by atoms with Gasteiger partial charge in [0.05, 0.1) is 0 Å². The van der Waals surface area contributed by atoms with Crippen molar-refractivity contribution in [2.75, 3.05) is 6.61 Å². The first-order valence-electron chi connectivity index (χ1n) is 7.55. The van der Waals surface area contributed by atoms with Gasteiger partial charge in [0, 0.05) is 12.1 Å². The van der Waals surface area contributed by atoms with Gasteiger partial charge >= 0.3 is 0 Å². The molecule has 0 aromatic heterocycles. The van der Waals surface area contributed by atoms with Crippen LogP contribution in [0.15, 0.2) is 24.3 Å². The van der Waals surface area contributed by atoms with Gasteiger partial charge in [-0.15, -0.1) is 0 Å². The van der Waals surface area contributed by atoms with Crippen molar-refractivity contribution in [2.45, 2.75) is 51.6 Å². The van der Waals surface area contributed by atoms with Gasteiger partial charge < -0.3 is 10.1 Å². The summed E-state index contributed by atoms with van der Waals surface area (Å²) in [5.41, 5.74) is 1.27. The van der Waals surface area contributed by atoms with E-state index in [1.807, 2.05) is 18.2 Å². The maximum Gasteiger partial charge on any atom is 0.174 e. The predicted molar refractivity (Wildman–Crippen MR) is 80.5 cm³/mol. The van der Waals surface area contributed by atoms with Gasteiger partial charge in [-0.3, -0.25) is 0 Å². The van der Waals surface area contributed by atoms with Crippen LogP contribution in [0.25, 0.3) is 0 Å². The second-order valence-corrected chi connectivity index (χ2v) is 5.87. The fraction of sp³-hybridized carbons (Fsp3) is 0.588.